The van der Waals surface area contributed by atoms with Crippen LogP contribution in [0.5, 0.6) is 0 Å². The summed E-state index contributed by atoms with van der Waals surface area (Å²) in [7, 11) is 0. The van der Waals surface area contributed by atoms with Crippen LogP contribution in [-0.4, -0.2) is 31.1 Å². The van der Waals surface area contributed by atoms with Crippen LogP contribution < -0.4 is 5.32 Å². The molecule has 0 spiro atoms. The van der Waals surface area contributed by atoms with Gasteiger partial charge in [-0.15, -0.1) is 5.10 Å². The van der Waals surface area contributed by atoms with E-state index in [1.54, 1.807) is 12.3 Å². The molecule has 9 heteroatoms. The average molecular weight is 437 g/mol. The van der Waals surface area contributed by atoms with Crippen molar-refractivity contribution >= 4 is 35.0 Å². The number of anilines is 1. The van der Waals surface area contributed by atoms with Gasteiger partial charge in [0.2, 0.25) is 5.91 Å². The molecule has 0 saturated carbocycles. The number of benzene rings is 2. The van der Waals surface area contributed by atoms with E-state index in [-0.39, 0.29) is 5.91 Å². The topological polar surface area (TPSA) is 85.6 Å². The van der Waals surface area contributed by atoms with Crippen LogP contribution in [0, 0.1) is 0 Å². The lowest BCUT2D eigenvalue weighted by Crippen LogP contribution is -2.28. The van der Waals surface area contributed by atoms with E-state index in [4.69, 9.17) is 11.6 Å². The van der Waals surface area contributed by atoms with Gasteiger partial charge in [-0.25, -0.2) is 9.67 Å². The summed E-state index contributed by atoms with van der Waals surface area (Å²) >= 11 is 7.90. The van der Waals surface area contributed by atoms with E-state index in [2.05, 4.69) is 25.8 Å². The van der Waals surface area contributed by atoms with Gasteiger partial charge in [0.15, 0.2) is 0 Å². The Balaban J connectivity index is 1.50. The minimum absolute atomic E-state index is 0.229. The molecule has 0 unspecified atom stereocenters. The molecule has 2 aromatic carbocycles. The van der Waals surface area contributed by atoms with Gasteiger partial charge in [-0.2, -0.15) is 0 Å². The quantitative estimate of drug-likeness (QED) is 0.465. The van der Waals surface area contributed by atoms with Crippen LogP contribution in [-0.2, 0) is 11.2 Å². The second kappa shape index (κ2) is 9.51. The average Bonchev–Trinajstić information content (AvgIpc) is 3.30. The minimum atomic E-state index is -0.594. The van der Waals surface area contributed by atoms with Gasteiger partial charge in [0.25, 0.3) is 0 Å². The normalized spacial score (nSPS) is 11.8. The number of rotatable bonds is 7. The second-order valence-corrected chi connectivity index (χ2v) is 7.87. The highest BCUT2D eigenvalue weighted by Gasteiger charge is 2.22. The Morgan fingerprint density at radius 2 is 1.93 bits per heavy atom. The summed E-state index contributed by atoms with van der Waals surface area (Å²) < 4.78 is 1.45. The summed E-state index contributed by atoms with van der Waals surface area (Å²) in [6.07, 6.45) is 3.63. The van der Waals surface area contributed by atoms with Gasteiger partial charge in [0.1, 0.15) is 17.4 Å². The van der Waals surface area contributed by atoms with Gasteiger partial charge in [-0.05, 0) is 46.3 Å². The number of nitrogens with zero attached hydrogens (tertiary/aromatic N) is 5. The molecule has 0 saturated heterocycles. The minimum Gasteiger partial charge on any atom is -0.324 e. The Hall–Kier alpha value is -3.23. The van der Waals surface area contributed by atoms with E-state index >= 15 is 0 Å². The number of carbonyl (C=O) groups excluding carboxylic acids is 1. The fourth-order valence-corrected chi connectivity index (χ4v) is 3.94. The highest BCUT2D eigenvalue weighted by molar-refractivity contribution is 7.99. The van der Waals surface area contributed by atoms with Crippen LogP contribution in [0.2, 0.25) is 5.02 Å². The van der Waals surface area contributed by atoms with E-state index in [1.165, 1.54) is 22.8 Å². The highest BCUT2D eigenvalue weighted by Crippen LogP contribution is 2.34. The zero-order valence-corrected chi connectivity index (χ0v) is 17.3. The summed E-state index contributed by atoms with van der Waals surface area (Å²) in [4.78, 5) is 18.2. The fourth-order valence-electron chi connectivity index (χ4n) is 2.86. The number of hydrogen-bond donors (Lipinski definition) is 1. The Labute approximate surface area is 182 Å². The highest BCUT2D eigenvalue weighted by atomic mass is 35.5. The van der Waals surface area contributed by atoms with Crippen LogP contribution in [0.3, 0.4) is 0 Å². The van der Waals surface area contributed by atoms with Crippen LogP contribution in [0.4, 0.5) is 5.69 Å². The van der Waals surface area contributed by atoms with Crippen molar-refractivity contribution in [3.05, 3.63) is 89.8 Å². The second-order valence-electron chi connectivity index (χ2n) is 6.40. The molecule has 2 heterocycles. The molecule has 1 N–H and O–H groups in total. The molecule has 4 rings (SSSR count). The third-order valence-corrected chi connectivity index (χ3v) is 5.76. The first-order valence-corrected chi connectivity index (χ1v) is 10.3. The number of tetrazole rings is 1. The third-order valence-electron chi connectivity index (χ3n) is 4.31. The number of hydrogen-bond acceptors (Lipinski definition) is 6. The fraction of sp³-hybridized carbons (Fsp3) is 0.0952. The van der Waals surface area contributed by atoms with Crippen LogP contribution in [0.25, 0.3) is 0 Å². The van der Waals surface area contributed by atoms with Gasteiger partial charge in [0.05, 0.1) is 5.02 Å². The van der Waals surface area contributed by atoms with Gasteiger partial charge in [-0.3, -0.25) is 4.79 Å². The van der Waals surface area contributed by atoms with Crippen LogP contribution in [0.15, 0.2) is 89.2 Å². The molecule has 1 amide bonds. The van der Waals surface area contributed by atoms with Crippen molar-refractivity contribution in [1.29, 1.82) is 0 Å². The molecule has 4 aromatic rings. The number of halogens is 1. The largest absolute Gasteiger partial charge is 0.324 e. The molecule has 150 valence electrons. The van der Waals surface area contributed by atoms with Crippen molar-refractivity contribution in [2.24, 2.45) is 0 Å². The maximum Gasteiger partial charge on any atom is 0.249 e. The molecule has 30 heavy (non-hydrogen) atoms. The van der Waals surface area contributed by atoms with E-state index in [1.807, 2.05) is 60.7 Å². The molecule has 0 fully saturated rings. The maximum atomic E-state index is 13.0. The standard InChI is InChI=1S/C21H17ClN6OS/c22-17-13-16(9-10-19(17)30-20-8-4-5-11-23-20)25-21(29)18(28-14-24-26-27-28)12-15-6-2-1-3-7-15/h1-11,13-14,18H,12H2,(H,25,29)/t18-/m0/s1. The number of aromatic nitrogens is 5. The lowest BCUT2D eigenvalue weighted by molar-refractivity contribution is -0.119. The molecular weight excluding hydrogens is 420 g/mol. The first-order chi connectivity index (χ1) is 14.7. The SMILES string of the molecule is O=C(Nc1ccc(Sc2ccccn2)c(Cl)c1)[C@H](Cc1ccccc1)n1cnnn1. The van der Waals surface area contributed by atoms with Crippen LogP contribution >= 0.6 is 23.4 Å². The molecular formula is C21H17ClN6OS. The maximum absolute atomic E-state index is 13.0. The number of amides is 1. The van der Waals surface area contributed by atoms with Crippen molar-refractivity contribution in [1.82, 2.24) is 25.2 Å². The summed E-state index contributed by atoms with van der Waals surface area (Å²) in [6.45, 7) is 0. The molecule has 0 aliphatic rings. The lowest BCUT2D eigenvalue weighted by Gasteiger charge is -2.17. The zero-order chi connectivity index (χ0) is 20.8. The third kappa shape index (κ3) is 5.03. The molecule has 0 aliphatic carbocycles. The number of carbonyl (C=O) groups is 1. The number of nitrogens with one attached hydrogen (secondary N) is 1. The van der Waals surface area contributed by atoms with Crippen molar-refractivity contribution in [3.8, 4) is 0 Å². The molecule has 1 atom stereocenters. The molecule has 0 aliphatic heterocycles. The smallest absolute Gasteiger partial charge is 0.249 e. The summed E-state index contributed by atoms with van der Waals surface area (Å²) in [5, 5.41) is 15.5. The van der Waals surface area contributed by atoms with E-state index in [0.717, 1.165) is 15.5 Å². The lowest BCUT2D eigenvalue weighted by atomic mass is 10.1. The van der Waals surface area contributed by atoms with Crippen molar-refractivity contribution < 1.29 is 4.79 Å². The predicted molar refractivity (Wildman–Crippen MR) is 115 cm³/mol. The van der Waals surface area contributed by atoms with E-state index in [0.29, 0.717) is 17.1 Å². The Kier molecular flexibility index (Phi) is 6.36. The van der Waals surface area contributed by atoms with Crippen LogP contribution in [0.1, 0.15) is 11.6 Å². The predicted octanol–water partition coefficient (Wildman–Crippen LogP) is 4.30. The Morgan fingerprint density at radius 3 is 2.63 bits per heavy atom. The molecule has 0 radical (unpaired) electrons. The van der Waals surface area contributed by atoms with Gasteiger partial charge in [-0.1, -0.05) is 59.8 Å². The first kappa shape index (κ1) is 20.1. The van der Waals surface area contributed by atoms with E-state index < -0.39 is 6.04 Å². The van der Waals surface area contributed by atoms with Crippen molar-refractivity contribution in [2.75, 3.05) is 5.32 Å². The monoisotopic (exact) mass is 436 g/mol. The number of pyridine rings is 1. The molecule has 0 bridgehead atoms. The Morgan fingerprint density at radius 1 is 1.10 bits per heavy atom. The molecule has 7 nitrogen and oxygen atoms in total. The summed E-state index contributed by atoms with van der Waals surface area (Å²) in [5.74, 6) is -0.229. The van der Waals surface area contributed by atoms with E-state index in [9.17, 15) is 4.79 Å². The van der Waals surface area contributed by atoms with Gasteiger partial charge in [0, 0.05) is 23.2 Å². The van der Waals surface area contributed by atoms with Crippen molar-refractivity contribution in [3.63, 3.8) is 0 Å². The first-order valence-electron chi connectivity index (χ1n) is 9.15. The van der Waals surface area contributed by atoms with Gasteiger partial charge >= 0.3 is 0 Å². The molecule has 2 aromatic heterocycles. The Bertz CT molecular complexity index is 1110. The summed E-state index contributed by atoms with van der Waals surface area (Å²) in [6, 6.07) is 20.2. The van der Waals surface area contributed by atoms with Gasteiger partial charge < -0.3 is 5.32 Å². The zero-order valence-electron chi connectivity index (χ0n) is 15.7. The summed E-state index contributed by atoms with van der Waals surface area (Å²) in [5.41, 5.74) is 1.61. The van der Waals surface area contributed by atoms with Crippen molar-refractivity contribution in [2.45, 2.75) is 22.4 Å².